The molecular formula is C24H30N2. The molecule has 0 unspecified atom stereocenters. The Kier molecular flexibility index (Phi) is 4.86. The summed E-state index contributed by atoms with van der Waals surface area (Å²) in [5, 5.41) is 1.48. The first kappa shape index (κ1) is 17.4. The zero-order valence-electron chi connectivity index (χ0n) is 16.4. The Bertz CT molecular complexity index is 902. The molecule has 0 saturated heterocycles. The zero-order valence-corrected chi connectivity index (χ0v) is 16.4. The van der Waals surface area contributed by atoms with E-state index in [0.717, 1.165) is 19.5 Å². The van der Waals surface area contributed by atoms with Crippen LogP contribution in [0.2, 0.25) is 0 Å². The highest BCUT2D eigenvalue weighted by molar-refractivity contribution is 5.86. The molecule has 0 bridgehead atoms. The van der Waals surface area contributed by atoms with E-state index in [1.807, 2.05) is 0 Å². The molecular weight excluding hydrogens is 316 g/mol. The van der Waals surface area contributed by atoms with Crippen LogP contribution in [-0.4, -0.2) is 23.1 Å². The first-order chi connectivity index (χ1) is 12.6. The molecule has 2 nitrogen and oxygen atoms in total. The Morgan fingerprint density at radius 1 is 0.962 bits per heavy atom. The molecule has 2 aromatic carbocycles. The van der Waals surface area contributed by atoms with Crippen molar-refractivity contribution < 1.29 is 0 Å². The highest BCUT2D eigenvalue weighted by Gasteiger charge is 2.20. The number of hydrogen-bond donors (Lipinski definition) is 0. The topological polar surface area (TPSA) is 8.17 Å². The second-order valence-electron chi connectivity index (χ2n) is 8.03. The molecule has 0 spiro atoms. The van der Waals surface area contributed by atoms with Crippen molar-refractivity contribution in [3.63, 3.8) is 0 Å². The van der Waals surface area contributed by atoms with E-state index in [2.05, 4.69) is 72.8 Å². The molecule has 0 aliphatic carbocycles. The molecule has 0 N–H and O–H groups in total. The number of aromatic nitrogens is 1. The minimum absolute atomic E-state index is 1.08. The molecule has 0 radical (unpaired) electrons. The molecule has 26 heavy (non-hydrogen) atoms. The van der Waals surface area contributed by atoms with Crippen LogP contribution in [0.3, 0.4) is 0 Å². The van der Waals surface area contributed by atoms with Crippen LogP contribution in [0.4, 0.5) is 0 Å². The lowest BCUT2D eigenvalue weighted by molar-refractivity contribution is 0.333. The van der Waals surface area contributed by atoms with Crippen molar-refractivity contribution >= 4 is 10.9 Å². The summed E-state index contributed by atoms with van der Waals surface area (Å²) in [5.74, 6) is 0. The SMILES string of the molecule is Cc1ccc(CCCn2c3c(c4cc(C)ccc42)CN(C)CCC3)cc1. The van der Waals surface area contributed by atoms with Crippen LogP contribution in [0.1, 0.15) is 40.8 Å². The van der Waals surface area contributed by atoms with Gasteiger partial charge in [0.15, 0.2) is 0 Å². The number of hydrogen-bond acceptors (Lipinski definition) is 1. The lowest BCUT2D eigenvalue weighted by Crippen LogP contribution is -2.17. The summed E-state index contributed by atoms with van der Waals surface area (Å²) in [5.41, 5.74) is 8.74. The number of rotatable bonds is 4. The summed E-state index contributed by atoms with van der Waals surface area (Å²) in [6.07, 6.45) is 4.82. The molecule has 1 aliphatic heterocycles. The molecule has 0 atom stereocenters. The maximum absolute atomic E-state index is 2.62. The van der Waals surface area contributed by atoms with Gasteiger partial charge in [0.05, 0.1) is 0 Å². The molecule has 1 aromatic heterocycles. The highest BCUT2D eigenvalue weighted by Crippen LogP contribution is 2.31. The van der Waals surface area contributed by atoms with E-state index < -0.39 is 0 Å². The fourth-order valence-electron chi connectivity index (χ4n) is 4.37. The Labute approximate surface area is 157 Å². The van der Waals surface area contributed by atoms with Crippen LogP contribution in [-0.2, 0) is 25.9 Å². The monoisotopic (exact) mass is 346 g/mol. The number of aryl methyl sites for hydroxylation is 4. The van der Waals surface area contributed by atoms with Gasteiger partial charge >= 0.3 is 0 Å². The minimum atomic E-state index is 1.08. The molecule has 0 saturated carbocycles. The van der Waals surface area contributed by atoms with Gasteiger partial charge in [-0.25, -0.2) is 0 Å². The minimum Gasteiger partial charge on any atom is -0.344 e. The van der Waals surface area contributed by atoms with Crippen molar-refractivity contribution in [2.45, 2.75) is 52.6 Å². The number of fused-ring (bicyclic) bond motifs is 3. The van der Waals surface area contributed by atoms with Crippen LogP contribution in [0.5, 0.6) is 0 Å². The average Bonchev–Trinajstić information content (AvgIpc) is 2.77. The van der Waals surface area contributed by atoms with Crippen LogP contribution >= 0.6 is 0 Å². The van der Waals surface area contributed by atoms with Crippen molar-refractivity contribution in [1.82, 2.24) is 9.47 Å². The molecule has 2 heteroatoms. The summed E-state index contributed by atoms with van der Waals surface area (Å²) in [6, 6.07) is 16.0. The van der Waals surface area contributed by atoms with Crippen molar-refractivity contribution in [3.05, 3.63) is 70.4 Å². The third kappa shape index (κ3) is 3.43. The van der Waals surface area contributed by atoms with Gasteiger partial charge in [0.25, 0.3) is 0 Å². The maximum atomic E-state index is 2.62. The van der Waals surface area contributed by atoms with Crippen LogP contribution in [0.25, 0.3) is 10.9 Å². The molecule has 2 heterocycles. The first-order valence-corrected chi connectivity index (χ1v) is 9.96. The van der Waals surface area contributed by atoms with Gasteiger partial charge in [-0.3, -0.25) is 0 Å². The summed E-state index contributed by atoms with van der Waals surface area (Å²) < 4.78 is 2.62. The van der Waals surface area contributed by atoms with Crippen LogP contribution < -0.4 is 0 Å². The fraction of sp³-hybridized carbons (Fsp3) is 0.417. The molecule has 3 aromatic rings. The quantitative estimate of drug-likeness (QED) is 0.625. The van der Waals surface area contributed by atoms with E-state index in [-0.39, 0.29) is 0 Å². The Morgan fingerprint density at radius 3 is 2.54 bits per heavy atom. The van der Waals surface area contributed by atoms with Crippen molar-refractivity contribution in [1.29, 1.82) is 0 Å². The van der Waals surface area contributed by atoms with Crippen LogP contribution in [0, 0.1) is 13.8 Å². The molecule has 136 valence electrons. The van der Waals surface area contributed by atoms with E-state index >= 15 is 0 Å². The third-order valence-corrected chi connectivity index (χ3v) is 5.79. The summed E-state index contributed by atoms with van der Waals surface area (Å²) in [7, 11) is 2.26. The smallest absolute Gasteiger partial charge is 0.0486 e. The van der Waals surface area contributed by atoms with Gasteiger partial charge in [-0.1, -0.05) is 41.5 Å². The second-order valence-corrected chi connectivity index (χ2v) is 8.03. The highest BCUT2D eigenvalue weighted by atomic mass is 15.1. The van der Waals surface area contributed by atoms with E-state index in [0.29, 0.717) is 0 Å². The van der Waals surface area contributed by atoms with Crippen LogP contribution in [0.15, 0.2) is 42.5 Å². The molecule has 0 fully saturated rings. The first-order valence-electron chi connectivity index (χ1n) is 9.96. The Morgan fingerprint density at radius 2 is 1.73 bits per heavy atom. The lowest BCUT2D eigenvalue weighted by Gasteiger charge is -2.12. The fourth-order valence-corrected chi connectivity index (χ4v) is 4.37. The van der Waals surface area contributed by atoms with Crippen molar-refractivity contribution in [2.24, 2.45) is 0 Å². The predicted molar refractivity (Wildman–Crippen MR) is 111 cm³/mol. The average molecular weight is 347 g/mol. The third-order valence-electron chi connectivity index (χ3n) is 5.79. The number of nitrogens with zero attached hydrogens (tertiary/aromatic N) is 2. The standard InChI is InChI=1S/C24H30N2/c1-18-8-11-20(12-9-18)6-4-15-26-23-7-5-14-25(3)17-22(23)21-16-19(2)10-13-24(21)26/h8-13,16H,4-7,14-15,17H2,1-3H3. The normalized spacial score (nSPS) is 15.2. The maximum Gasteiger partial charge on any atom is 0.0486 e. The zero-order chi connectivity index (χ0) is 18.1. The van der Waals surface area contributed by atoms with E-state index in [4.69, 9.17) is 0 Å². The molecule has 1 aliphatic rings. The van der Waals surface area contributed by atoms with E-state index in [1.54, 1.807) is 11.3 Å². The van der Waals surface area contributed by atoms with Gasteiger partial charge in [0.1, 0.15) is 0 Å². The lowest BCUT2D eigenvalue weighted by atomic mass is 10.1. The van der Waals surface area contributed by atoms with Crippen molar-refractivity contribution in [2.75, 3.05) is 13.6 Å². The van der Waals surface area contributed by atoms with Gasteiger partial charge in [-0.15, -0.1) is 0 Å². The van der Waals surface area contributed by atoms with Gasteiger partial charge in [0.2, 0.25) is 0 Å². The van der Waals surface area contributed by atoms with Gasteiger partial charge in [0, 0.05) is 29.7 Å². The molecule has 0 amide bonds. The van der Waals surface area contributed by atoms with Gasteiger partial charge < -0.3 is 9.47 Å². The van der Waals surface area contributed by atoms with Crippen molar-refractivity contribution in [3.8, 4) is 0 Å². The summed E-state index contributed by atoms with van der Waals surface area (Å²) in [6.45, 7) is 7.77. The van der Waals surface area contributed by atoms with E-state index in [9.17, 15) is 0 Å². The summed E-state index contributed by atoms with van der Waals surface area (Å²) >= 11 is 0. The second kappa shape index (κ2) is 7.28. The molecule has 4 rings (SSSR count). The predicted octanol–water partition coefficient (Wildman–Crippen LogP) is 5.27. The Balaban J connectivity index is 1.63. The van der Waals surface area contributed by atoms with Gasteiger partial charge in [-0.05, 0) is 76.4 Å². The Hall–Kier alpha value is -2.06. The summed E-state index contributed by atoms with van der Waals surface area (Å²) in [4.78, 5) is 2.48. The van der Waals surface area contributed by atoms with Gasteiger partial charge in [-0.2, -0.15) is 0 Å². The largest absolute Gasteiger partial charge is 0.344 e. The number of benzene rings is 2. The van der Waals surface area contributed by atoms with E-state index in [1.165, 1.54) is 53.4 Å².